The molecule has 0 unspecified atom stereocenters. The van der Waals surface area contributed by atoms with Crippen LogP contribution in [0.1, 0.15) is 16.7 Å². The van der Waals surface area contributed by atoms with Gasteiger partial charge < -0.3 is 5.73 Å². The molecular weight excluding hydrogens is 631 g/mol. The average Bonchev–Trinajstić information content (AvgIpc) is 3.22. The zero-order valence-corrected chi connectivity index (χ0v) is 28.6. The van der Waals surface area contributed by atoms with Gasteiger partial charge in [0.1, 0.15) is 0 Å². The summed E-state index contributed by atoms with van der Waals surface area (Å²) in [5, 5.41) is 8.69. The first-order chi connectivity index (χ1) is 25.7. The number of aromatic nitrogens is 1. The Kier molecular flexibility index (Phi) is 8.07. The van der Waals surface area contributed by atoms with Gasteiger partial charge in [-0.1, -0.05) is 164 Å². The van der Waals surface area contributed by atoms with Gasteiger partial charge in [0, 0.05) is 22.8 Å². The minimum atomic E-state index is 0.554. The summed E-state index contributed by atoms with van der Waals surface area (Å²) < 4.78 is 0. The monoisotopic (exact) mass is 665 g/mol. The molecule has 0 atom stereocenters. The number of fused-ring (bicyclic) bond motifs is 6. The van der Waals surface area contributed by atoms with E-state index in [1.165, 1.54) is 37.9 Å². The van der Waals surface area contributed by atoms with Crippen molar-refractivity contribution in [3.8, 4) is 22.3 Å². The quantitative estimate of drug-likeness (QED) is 0.136. The molecule has 0 spiro atoms. The number of nitrogens with two attached hydrogens (primary N) is 1. The van der Waals surface area contributed by atoms with Crippen LogP contribution >= 0.6 is 0 Å². The third-order valence-electron chi connectivity index (χ3n) is 9.97. The second-order valence-electron chi connectivity index (χ2n) is 13.2. The Bertz CT molecular complexity index is 2790. The maximum atomic E-state index is 6.82. The van der Waals surface area contributed by atoms with Crippen LogP contribution in [0.25, 0.3) is 71.2 Å². The second kappa shape index (κ2) is 13.5. The molecule has 0 aliphatic heterocycles. The average molecular weight is 666 g/mol. The Morgan fingerprint density at radius 2 is 1.15 bits per heavy atom. The fraction of sp³-hybridized carbons (Fsp3) is 0.0204. The van der Waals surface area contributed by atoms with Gasteiger partial charge in [-0.15, -0.1) is 0 Å². The molecule has 52 heavy (non-hydrogen) atoms. The highest BCUT2D eigenvalue weighted by Gasteiger charge is 2.13. The molecule has 1 heterocycles. The Hall–Kier alpha value is -6.84. The van der Waals surface area contributed by atoms with Crippen LogP contribution in [-0.2, 0) is 6.54 Å². The van der Waals surface area contributed by atoms with Gasteiger partial charge in [-0.25, -0.2) is 0 Å². The molecule has 0 saturated heterocycles. The second-order valence-corrected chi connectivity index (χ2v) is 13.2. The van der Waals surface area contributed by atoms with Crippen molar-refractivity contribution in [1.29, 1.82) is 0 Å². The number of benzene rings is 8. The lowest BCUT2D eigenvalue weighted by atomic mass is 9.90. The number of para-hydroxylation sites is 1. The Balaban J connectivity index is 1.08. The molecule has 0 bridgehead atoms. The normalized spacial score (nSPS) is 12.2. The Morgan fingerprint density at radius 1 is 0.519 bits per heavy atom. The van der Waals surface area contributed by atoms with Crippen molar-refractivity contribution < 1.29 is 0 Å². The van der Waals surface area contributed by atoms with Gasteiger partial charge >= 0.3 is 0 Å². The number of aliphatic imine (C=N–C) groups is 1. The summed E-state index contributed by atoms with van der Waals surface area (Å²) in [5.41, 5.74) is 17.0. The highest BCUT2D eigenvalue weighted by molar-refractivity contribution is 6.23. The van der Waals surface area contributed by atoms with E-state index >= 15 is 0 Å². The van der Waals surface area contributed by atoms with E-state index in [4.69, 9.17) is 10.7 Å². The molecule has 1 aromatic heterocycles. The summed E-state index contributed by atoms with van der Waals surface area (Å²) in [6.07, 6.45) is 3.85. The zero-order chi connectivity index (χ0) is 34.9. The largest absolute Gasteiger partial charge is 0.398 e. The van der Waals surface area contributed by atoms with Crippen molar-refractivity contribution >= 4 is 54.6 Å². The summed E-state index contributed by atoms with van der Waals surface area (Å²) in [7, 11) is 0. The molecule has 0 amide bonds. The minimum Gasteiger partial charge on any atom is -0.398 e. The molecule has 3 heteroatoms. The van der Waals surface area contributed by atoms with Crippen molar-refractivity contribution in [3.05, 3.63) is 205 Å². The first-order valence-electron chi connectivity index (χ1n) is 17.6. The lowest BCUT2D eigenvalue weighted by Crippen LogP contribution is -2.04. The predicted octanol–water partition coefficient (Wildman–Crippen LogP) is 12.0. The SMILES string of the molecule is N/C(=C\C(=NCc1ccccc1)c1ccc(-c2cc3ccc4ccccc4c3c3ccccc23)cc1)c1ccc(-c2cccc3cccnc23)cc1. The van der Waals surface area contributed by atoms with Gasteiger partial charge in [0.15, 0.2) is 0 Å². The van der Waals surface area contributed by atoms with E-state index in [1.807, 2.05) is 36.5 Å². The number of nitrogens with zero attached hydrogens (tertiary/aromatic N) is 2. The van der Waals surface area contributed by atoms with Crippen molar-refractivity contribution in [2.75, 3.05) is 0 Å². The summed E-state index contributed by atoms with van der Waals surface area (Å²) in [5.74, 6) is 0. The van der Waals surface area contributed by atoms with Gasteiger partial charge in [-0.2, -0.15) is 0 Å². The molecule has 2 N–H and O–H groups in total. The summed E-state index contributed by atoms with van der Waals surface area (Å²) in [6.45, 7) is 0.554. The number of hydrogen-bond donors (Lipinski definition) is 1. The van der Waals surface area contributed by atoms with Crippen LogP contribution < -0.4 is 5.73 Å². The molecule has 246 valence electrons. The highest BCUT2D eigenvalue weighted by atomic mass is 14.7. The highest BCUT2D eigenvalue weighted by Crippen LogP contribution is 2.38. The van der Waals surface area contributed by atoms with Crippen molar-refractivity contribution in [1.82, 2.24) is 4.98 Å². The van der Waals surface area contributed by atoms with Gasteiger partial charge in [0.25, 0.3) is 0 Å². The van der Waals surface area contributed by atoms with E-state index in [0.29, 0.717) is 12.2 Å². The van der Waals surface area contributed by atoms with E-state index in [9.17, 15) is 0 Å². The first-order valence-corrected chi connectivity index (χ1v) is 17.6. The molecule has 0 aliphatic carbocycles. The van der Waals surface area contributed by atoms with E-state index in [2.05, 4.69) is 157 Å². The summed E-state index contributed by atoms with van der Waals surface area (Å²) in [6, 6.07) is 62.0. The Morgan fingerprint density at radius 3 is 1.96 bits per heavy atom. The molecule has 9 rings (SSSR count). The van der Waals surface area contributed by atoms with E-state index in [0.717, 1.165) is 50.0 Å². The standard InChI is InChI=1S/C49H35N3/c50-46(37-24-19-35(20-25-37)42-18-8-13-39-14-9-29-51-49(39)42)31-47(52-32-33-10-2-1-3-11-33)38-26-21-36(22-27-38)45-30-40-28-23-34-12-4-5-15-41(34)48(40)44-17-7-6-16-43(44)45/h1-31H,32,50H2/b46-31-,52-47?. The van der Waals surface area contributed by atoms with Crippen molar-refractivity contribution in [2.24, 2.45) is 10.7 Å². The topological polar surface area (TPSA) is 51.3 Å². The van der Waals surface area contributed by atoms with Crippen LogP contribution in [0.15, 0.2) is 193 Å². The van der Waals surface area contributed by atoms with Gasteiger partial charge in [0.2, 0.25) is 0 Å². The summed E-state index contributed by atoms with van der Waals surface area (Å²) >= 11 is 0. The van der Waals surface area contributed by atoms with Gasteiger partial charge in [0.05, 0.1) is 17.8 Å². The van der Waals surface area contributed by atoms with Gasteiger partial charge in [-0.05, 0) is 83.9 Å². The zero-order valence-electron chi connectivity index (χ0n) is 28.6. The summed E-state index contributed by atoms with van der Waals surface area (Å²) in [4.78, 5) is 9.75. The lowest BCUT2D eigenvalue weighted by molar-refractivity contribution is 1.07. The van der Waals surface area contributed by atoms with E-state index in [-0.39, 0.29) is 0 Å². The van der Waals surface area contributed by atoms with E-state index < -0.39 is 0 Å². The molecule has 0 saturated carbocycles. The number of rotatable bonds is 7. The van der Waals surface area contributed by atoms with Crippen LogP contribution in [0, 0.1) is 0 Å². The smallest absolute Gasteiger partial charge is 0.0780 e. The molecule has 0 aliphatic rings. The van der Waals surface area contributed by atoms with Gasteiger partial charge in [-0.3, -0.25) is 9.98 Å². The Labute approximate surface area is 303 Å². The third-order valence-corrected chi connectivity index (χ3v) is 9.97. The molecular formula is C49H35N3. The van der Waals surface area contributed by atoms with Crippen LogP contribution in [0.3, 0.4) is 0 Å². The number of pyridine rings is 1. The lowest BCUT2D eigenvalue weighted by Gasteiger charge is -2.14. The predicted molar refractivity (Wildman–Crippen MR) is 220 cm³/mol. The van der Waals surface area contributed by atoms with Crippen molar-refractivity contribution in [3.63, 3.8) is 0 Å². The third kappa shape index (κ3) is 5.89. The minimum absolute atomic E-state index is 0.554. The fourth-order valence-corrected chi connectivity index (χ4v) is 7.33. The first kappa shape index (κ1) is 31.2. The van der Waals surface area contributed by atoms with E-state index in [1.54, 1.807) is 0 Å². The van der Waals surface area contributed by atoms with Crippen LogP contribution in [0.5, 0.6) is 0 Å². The number of hydrogen-bond acceptors (Lipinski definition) is 3. The number of allylic oxidation sites excluding steroid dienone is 1. The van der Waals surface area contributed by atoms with Crippen LogP contribution in [-0.4, -0.2) is 10.7 Å². The maximum Gasteiger partial charge on any atom is 0.0780 e. The van der Waals surface area contributed by atoms with Crippen LogP contribution in [0.2, 0.25) is 0 Å². The fourth-order valence-electron chi connectivity index (χ4n) is 7.33. The molecule has 9 aromatic rings. The molecule has 0 fully saturated rings. The molecule has 3 nitrogen and oxygen atoms in total. The molecule has 8 aromatic carbocycles. The maximum absolute atomic E-state index is 6.82. The molecule has 0 radical (unpaired) electrons. The van der Waals surface area contributed by atoms with Crippen LogP contribution in [0.4, 0.5) is 0 Å². The van der Waals surface area contributed by atoms with Crippen molar-refractivity contribution in [2.45, 2.75) is 6.54 Å².